The first-order valence-electron chi connectivity index (χ1n) is 6.74. The molecule has 0 aromatic carbocycles. The topological polar surface area (TPSA) is 81.0 Å². The highest BCUT2D eigenvalue weighted by molar-refractivity contribution is 5.69. The van der Waals surface area contributed by atoms with E-state index in [0.717, 1.165) is 36.9 Å². The maximum Gasteiger partial charge on any atom is 0.307 e. The summed E-state index contributed by atoms with van der Waals surface area (Å²) in [6, 6.07) is 2.19. The van der Waals surface area contributed by atoms with Crippen molar-refractivity contribution in [3.05, 3.63) is 16.8 Å². The second-order valence-electron chi connectivity index (χ2n) is 4.71. The van der Waals surface area contributed by atoms with E-state index < -0.39 is 0 Å². The first-order chi connectivity index (χ1) is 9.19. The van der Waals surface area contributed by atoms with Gasteiger partial charge in [0.05, 0.1) is 18.6 Å². The van der Waals surface area contributed by atoms with E-state index in [4.69, 9.17) is 10.5 Å². The van der Waals surface area contributed by atoms with Gasteiger partial charge in [0, 0.05) is 12.2 Å². The highest BCUT2D eigenvalue weighted by Gasteiger charge is 2.23. The highest BCUT2D eigenvalue weighted by Crippen LogP contribution is 2.31. The lowest BCUT2D eigenvalue weighted by Gasteiger charge is -2.15. The van der Waals surface area contributed by atoms with Gasteiger partial charge in [0.25, 0.3) is 0 Å². The fraction of sp³-hybridized carbons (Fsp3) is 0.571. The Bertz CT molecular complexity index is 526. The number of aromatic nitrogens is 1. The Morgan fingerprint density at radius 1 is 1.47 bits per heavy atom. The molecule has 5 nitrogen and oxygen atoms in total. The van der Waals surface area contributed by atoms with E-state index in [1.165, 1.54) is 0 Å². The first kappa shape index (κ1) is 13.5. The number of carbonyl (C=O) groups is 1. The normalized spacial score (nSPS) is 13.7. The number of ether oxygens (including phenoxy) is 1. The number of nitrogens with zero attached hydrogens (tertiary/aromatic N) is 2. The van der Waals surface area contributed by atoms with Crippen molar-refractivity contribution >= 4 is 11.8 Å². The zero-order chi connectivity index (χ0) is 13.8. The molecule has 1 aliphatic rings. The van der Waals surface area contributed by atoms with Crippen LogP contribution in [-0.4, -0.2) is 17.1 Å². The average molecular weight is 261 g/mol. The minimum absolute atomic E-state index is 0.223. The molecule has 1 aliphatic carbocycles. The molecule has 102 valence electrons. The van der Waals surface area contributed by atoms with E-state index in [-0.39, 0.29) is 5.97 Å². The fourth-order valence-corrected chi connectivity index (χ4v) is 2.71. The van der Waals surface area contributed by atoms with Gasteiger partial charge in [-0.2, -0.15) is 5.26 Å². The van der Waals surface area contributed by atoms with Crippen LogP contribution in [0.2, 0.25) is 0 Å². The largest absolute Gasteiger partial charge is 0.466 e. The van der Waals surface area contributed by atoms with Crippen molar-refractivity contribution in [3.63, 3.8) is 0 Å². The third-order valence-corrected chi connectivity index (χ3v) is 3.57. The molecule has 2 N–H and O–H groups in total. The molecule has 0 atom stereocenters. The van der Waals surface area contributed by atoms with E-state index in [1.807, 2.05) is 4.57 Å². The van der Waals surface area contributed by atoms with Gasteiger partial charge in [-0.3, -0.25) is 4.79 Å². The second-order valence-corrected chi connectivity index (χ2v) is 4.71. The van der Waals surface area contributed by atoms with Gasteiger partial charge in [0.1, 0.15) is 11.9 Å². The summed E-state index contributed by atoms with van der Waals surface area (Å²) < 4.78 is 6.84. The number of fused-ring (bicyclic) bond motifs is 1. The molecule has 19 heavy (non-hydrogen) atoms. The van der Waals surface area contributed by atoms with Crippen LogP contribution in [0.15, 0.2) is 0 Å². The van der Waals surface area contributed by atoms with Crippen LogP contribution < -0.4 is 5.73 Å². The summed E-state index contributed by atoms with van der Waals surface area (Å²) in [5.74, 6) is 0.275. The quantitative estimate of drug-likeness (QED) is 0.837. The van der Waals surface area contributed by atoms with E-state index >= 15 is 0 Å². The SMILES string of the molecule is CCOC(=O)CCn1c(N)c(C#N)c2c1CCCC2. The molecule has 0 saturated carbocycles. The van der Waals surface area contributed by atoms with Gasteiger partial charge in [0.2, 0.25) is 0 Å². The van der Waals surface area contributed by atoms with Gasteiger partial charge in [0.15, 0.2) is 0 Å². The lowest BCUT2D eigenvalue weighted by Crippen LogP contribution is -2.14. The molecule has 0 saturated heterocycles. The molecule has 0 spiro atoms. The molecule has 0 unspecified atom stereocenters. The van der Waals surface area contributed by atoms with Gasteiger partial charge < -0.3 is 15.0 Å². The van der Waals surface area contributed by atoms with E-state index in [0.29, 0.717) is 31.0 Å². The van der Waals surface area contributed by atoms with Crippen LogP contribution in [0.5, 0.6) is 0 Å². The number of nitrogen functional groups attached to an aromatic ring is 1. The molecular weight excluding hydrogens is 242 g/mol. The van der Waals surface area contributed by atoms with Gasteiger partial charge in [-0.15, -0.1) is 0 Å². The Balaban J connectivity index is 2.23. The van der Waals surface area contributed by atoms with Crippen molar-refractivity contribution in [1.29, 1.82) is 5.26 Å². The summed E-state index contributed by atoms with van der Waals surface area (Å²) in [4.78, 5) is 11.4. The molecular formula is C14H19N3O2. The third-order valence-electron chi connectivity index (χ3n) is 3.57. The van der Waals surface area contributed by atoms with Crippen LogP contribution in [-0.2, 0) is 28.9 Å². The average Bonchev–Trinajstić information content (AvgIpc) is 2.68. The molecule has 0 amide bonds. The summed E-state index contributed by atoms with van der Waals surface area (Å²) >= 11 is 0. The Hall–Kier alpha value is -1.96. The monoisotopic (exact) mass is 261 g/mol. The molecule has 0 aliphatic heterocycles. The molecule has 2 rings (SSSR count). The molecule has 1 heterocycles. The van der Waals surface area contributed by atoms with Gasteiger partial charge in [-0.1, -0.05) is 0 Å². The lowest BCUT2D eigenvalue weighted by atomic mass is 9.95. The van der Waals surface area contributed by atoms with Crippen molar-refractivity contribution in [2.45, 2.75) is 45.6 Å². The van der Waals surface area contributed by atoms with Crippen LogP contribution in [0.1, 0.15) is 43.0 Å². The minimum atomic E-state index is -0.223. The van der Waals surface area contributed by atoms with Crippen LogP contribution >= 0.6 is 0 Å². The lowest BCUT2D eigenvalue weighted by molar-refractivity contribution is -0.143. The second kappa shape index (κ2) is 5.79. The van der Waals surface area contributed by atoms with Crippen LogP contribution in [0, 0.1) is 11.3 Å². The third kappa shape index (κ3) is 2.58. The maximum absolute atomic E-state index is 11.4. The Morgan fingerprint density at radius 2 is 2.21 bits per heavy atom. The number of hydrogen-bond donors (Lipinski definition) is 1. The van der Waals surface area contributed by atoms with E-state index in [1.54, 1.807) is 6.92 Å². The number of esters is 1. The number of nitriles is 1. The molecule has 0 bridgehead atoms. The van der Waals surface area contributed by atoms with Gasteiger partial charge in [-0.05, 0) is 38.2 Å². The summed E-state index contributed by atoms with van der Waals surface area (Å²) in [6.07, 6.45) is 4.35. The number of carbonyl (C=O) groups excluding carboxylic acids is 1. The molecule has 0 radical (unpaired) electrons. The van der Waals surface area contributed by atoms with E-state index in [9.17, 15) is 10.1 Å². The summed E-state index contributed by atoms with van der Waals surface area (Å²) in [5, 5.41) is 9.21. The maximum atomic E-state index is 11.4. The van der Waals surface area contributed by atoms with Crippen molar-refractivity contribution in [2.24, 2.45) is 0 Å². The van der Waals surface area contributed by atoms with Crippen LogP contribution in [0.4, 0.5) is 5.82 Å². The number of hydrogen-bond acceptors (Lipinski definition) is 4. The fourth-order valence-electron chi connectivity index (χ4n) is 2.71. The zero-order valence-electron chi connectivity index (χ0n) is 11.2. The van der Waals surface area contributed by atoms with Gasteiger partial charge >= 0.3 is 5.97 Å². The molecule has 1 aromatic rings. The predicted molar refractivity (Wildman–Crippen MR) is 71.5 cm³/mol. The molecule has 5 heteroatoms. The smallest absolute Gasteiger partial charge is 0.307 e. The molecule has 1 aromatic heterocycles. The van der Waals surface area contributed by atoms with Crippen LogP contribution in [0.25, 0.3) is 0 Å². The Kier molecular flexibility index (Phi) is 4.10. The summed E-state index contributed by atoms with van der Waals surface area (Å²) in [5.41, 5.74) is 8.85. The predicted octanol–water partition coefficient (Wildman–Crippen LogP) is 1.77. The van der Waals surface area contributed by atoms with Crippen molar-refractivity contribution in [1.82, 2.24) is 4.57 Å². The minimum Gasteiger partial charge on any atom is -0.466 e. The zero-order valence-corrected chi connectivity index (χ0v) is 11.2. The standard InChI is InChI=1S/C14H19N3O2/c1-2-19-13(18)7-8-17-12-6-4-3-5-10(12)11(9-15)14(17)16/h2-8,16H2,1H3. The Morgan fingerprint density at radius 3 is 2.89 bits per heavy atom. The van der Waals surface area contributed by atoms with Crippen LogP contribution in [0.3, 0.4) is 0 Å². The summed E-state index contributed by atoms with van der Waals surface area (Å²) in [7, 11) is 0. The first-order valence-corrected chi connectivity index (χ1v) is 6.74. The number of rotatable bonds is 4. The molecule has 0 fully saturated rings. The number of anilines is 1. The number of nitrogens with two attached hydrogens (primary N) is 1. The Labute approximate surface area is 113 Å². The highest BCUT2D eigenvalue weighted by atomic mass is 16.5. The van der Waals surface area contributed by atoms with Crippen molar-refractivity contribution in [3.8, 4) is 6.07 Å². The van der Waals surface area contributed by atoms with E-state index in [2.05, 4.69) is 6.07 Å². The summed E-state index contributed by atoms with van der Waals surface area (Å²) in [6.45, 7) is 2.67. The van der Waals surface area contributed by atoms with Gasteiger partial charge in [-0.25, -0.2) is 0 Å². The van der Waals surface area contributed by atoms with Crippen molar-refractivity contribution < 1.29 is 9.53 Å². The van der Waals surface area contributed by atoms with Crippen molar-refractivity contribution in [2.75, 3.05) is 12.3 Å².